The van der Waals surface area contributed by atoms with Crippen molar-refractivity contribution in [1.29, 1.82) is 0 Å². The number of halogens is 1. The van der Waals surface area contributed by atoms with Crippen LogP contribution in [0.15, 0.2) is 48.5 Å². The molecule has 0 heterocycles. The van der Waals surface area contributed by atoms with E-state index in [1.54, 1.807) is 42.5 Å². The van der Waals surface area contributed by atoms with E-state index in [0.29, 0.717) is 22.1 Å². The number of hydrogen-bond donors (Lipinski definition) is 3. The molecule has 3 amide bonds. The van der Waals surface area contributed by atoms with Gasteiger partial charge in [-0.1, -0.05) is 29.8 Å². The van der Waals surface area contributed by atoms with Crippen molar-refractivity contribution in [3.8, 4) is 5.75 Å². The third-order valence-electron chi connectivity index (χ3n) is 2.63. The van der Waals surface area contributed by atoms with E-state index in [1.807, 2.05) is 0 Å². The van der Waals surface area contributed by atoms with E-state index < -0.39 is 12.1 Å². The first-order chi connectivity index (χ1) is 10.6. The van der Waals surface area contributed by atoms with Crippen LogP contribution in [0.4, 0.5) is 21.0 Å². The standard InChI is InChI=1S/C15H14ClN3O3/c1-17-15(21)22-11-6-4-5-10(9-11)18-14(20)19-13-8-3-2-7-12(13)16/h2-9H,1H3,(H,17,21)(H2,18,19,20). The molecule has 0 fully saturated rings. The average molecular weight is 320 g/mol. The molecule has 3 N–H and O–H groups in total. The number of ether oxygens (including phenoxy) is 1. The second kappa shape index (κ2) is 7.33. The molecule has 22 heavy (non-hydrogen) atoms. The SMILES string of the molecule is CNC(=O)Oc1cccc(NC(=O)Nc2ccccc2Cl)c1. The van der Waals surface area contributed by atoms with Crippen LogP contribution in [-0.4, -0.2) is 19.2 Å². The molecule has 0 saturated heterocycles. The molecule has 2 aromatic rings. The minimum atomic E-state index is -0.585. The predicted octanol–water partition coefficient (Wildman–Crippen LogP) is 3.70. The fourth-order valence-corrected chi connectivity index (χ4v) is 1.83. The van der Waals surface area contributed by atoms with Crippen molar-refractivity contribution in [3.63, 3.8) is 0 Å². The van der Waals surface area contributed by atoms with Crippen LogP contribution in [0.1, 0.15) is 0 Å². The number of hydrogen-bond acceptors (Lipinski definition) is 3. The van der Waals surface area contributed by atoms with E-state index in [2.05, 4.69) is 16.0 Å². The second-order valence-electron chi connectivity index (χ2n) is 4.23. The summed E-state index contributed by atoms with van der Waals surface area (Å²) in [6, 6.07) is 12.9. The Labute approximate surface area is 132 Å². The van der Waals surface area contributed by atoms with Crippen LogP contribution in [0.25, 0.3) is 0 Å². The lowest BCUT2D eigenvalue weighted by atomic mass is 10.3. The number of nitrogens with one attached hydrogen (secondary N) is 3. The van der Waals surface area contributed by atoms with Crippen LogP contribution in [0.3, 0.4) is 0 Å². The second-order valence-corrected chi connectivity index (χ2v) is 4.63. The van der Waals surface area contributed by atoms with E-state index in [-0.39, 0.29) is 0 Å². The topological polar surface area (TPSA) is 79.5 Å². The molecular weight excluding hydrogens is 306 g/mol. The van der Waals surface area contributed by atoms with Crippen LogP contribution in [0.2, 0.25) is 5.02 Å². The van der Waals surface area contributed by atoms with Gasteiger partial charge in [0.25, 0.3) is 0 Å². The van der Waals surface area contributed by atoms with Gasteiger partial charge >= 0.3 is 12.1 Å². The minimum Gasteiger partial charge on any atom is -0.410 e. The third-order valence-corrected chi connectivity index (χ3v) is 2.96. The van der Waals surface area contributed by atoms with Gasteiger partial charge in [-0.3, -0.25) is 0 Å². The maximum absolute atomic E-state index is 11.9. The molecule has 2 aromatic carbocycles. The van der Waals surface area contributed by atoms with Crippen LogP contribution < -0.4 is 20.7 Å². The maximum Gasteiger partial charge on any atom is 0.412 e. The summed E-state index contributed by atoms with van der Waals surface area (Å²) in [4.78, 5) is 23.1. The first-order valence-corrected chi connectivity index (χ1v) is 6.78. The van der Waals surface area contributed by atoms with E-state index in [4.69, 9.17) is 16.3 Å². The lowest BCUT2D eigenvalue weighted by molar-refractivity contribution is 0.203. The highest BCUT2D eigenvalue weighted by Crippen LogP contribution is 2.21. The number of urea groups is 1. The van der Waals surface area contributed by atoms with Crippen molar-refractivity contribution in [2.45, 2.75) is 0 Å². The Bertz CT molecular complexity index is 691. The summed E-state index contributed by atoms with van der Waals surface area (Å²) in [5.41, 5.74) is 0.977. The first kappa shape index (κ1) is 15.7. The molecule has 0 aliphatic carbocycles. The summed E-state index contributed by atoms with van der Waals surface area (Å²) < 4.78 is 4.98. The van der Waals surface area contributed by atoms with Crippen molar-refractivity contribution < 1.29 is 14.3 Å². The maximum atomic E-state index is 11.9. The van der Waals surface area contributed by atoms with E-state index in [9.17, 15) is 9.59 Å². The molecule has 0 unspecified atom stereocenters. The van der Waals surface area contributed by atoms with Crippen molar-refractivity contribution in [2.75, 3.05) is 17.7 Å². The Balaban J connectivity index is 2.01. The lowest BCUT2D eigenvalue weighted by Gasteiger charge is -2.10. The average Bonchev–Trinajstić information content (AvgIpc) is 2.50. The van der Waals surface area contributed by atoms with Gasteiger partial charge in [0.1, 0.15) is 5.75 Å². The van der Waals surface area contributed by atoms with Gasteiger partial charge in [-0.25, -0.2) is 9.59 Å². The van der Waals surface area contributed by atoms with Gasteiger partial charge in [-0.15, -0.1) is 0 Å². The number of amides is 3. The monoisotopic (exact) mass is 319 g/mol. The molecule has 0 atom stereocenters. The minimum absolute atomic E-state index is 0.315. The molecule has 0 aliphatic rings. The lowest BCUT2D eigenvalue weighted by Crippen LogP contribution is -2.22. The molecule has 0 radical (unpaired) electrons. The molecule has 0 saturated carbocycles. The summed E-state index contributed by atoms with van der Waals surface area (Å²) in [5.74, 6) is 0.315. The Morgan fingerprint density at radius 2 is 1.82 bits per heavy atom. The molecule has 7 heteroatoms. The fourth-order valence-electron chi connectivity index (χ4n) is 1.64. The molecule has 2 rings (SSSR count). The Morgan fingerprint density at radius 1 is 1.05 bits per heavy atom. The fraction of sp³-hybridized carbons (Fsp3) is 0.0667. The Hall–Kier alpha value is -2.73. The van der Waals surface area contributed by atoms with Crippen LogP contribution in [0, 0.1) is 0 Å². The summed E-state index contributed by atoms with van der Waals surface area (Å²) in [6.07, 6.45) is -0.585. The van der Waals surface area contributed by atoms with E-state index in [1.165, 1.54) is 13.1 Å². The molecule has 0 aliphatic heterocycles. The number of carbonyl (C=O) groups excluding carboxylic acids is 2. The molecule has 0 spiro atoms. The van der Waals surface area contributed by atoms with Crippen LogP contribution in [-0.2, 0) is 0 Å². The van der Waals surface area contributed by atoms with Gasteiger partial charge in [-0.05, 0) is 24.3 Å². The zero-order chi connectivity index (χ0) is 15.9. The highest BCUT2D eigenvalue weighted by molar-refractivity contribution is 6.33. The summed E-state index contributed by atoms with van der Waals surface area (Å²) in [7, 11) is 1.46. The van der Waals surface area contributed by atoms with Crippen molar-refractivity contribution in [2.24, 2.45) is 0 Å². The van der Waals surface area contributed by atoms with Crippen molar-refractivity contribution in [1.82, 2.24) is 5.32 Å². The smallest absolute Gasteiger partial charge is 0.410 e. The van der Waals surface area contributed by atoms with Gasteiger partial charge in [-0.2, -0.15) is 0 Å². The zero-order valence-electron chi connectivity index (χ0n) is 11.7. The quantitative estimate of drug-likeness (QED) is 0.807. The zero-order valence-corrected chi connectivity index (χ0v) is 12.5. The van der Waals surface area contributed by atoms with Crippen molar-refractivity contribution in [3.05, 3.63) is 53.6 Å². The van der Waals surface area contributed by atoms with Gasteiger partial charge in [0, 0.05) is 18.8 Å². The van der Waals surface area contributed by atoms with Crippen LogP contribution >= 0.6 is 11.6 Å². The largest absolute Gasteiger partial charge is 0.412 e. The number of rotatable bonds is 3. The molecule has 6 nitrogen and oxygen atoms in total. The molecule has 0 aromatic heterocycles. The number of benzene rings is 2. The number of anilines is 2. The first-order valence-electron chi connectivity index (χ1n) is 6.40. The summed E-state index contributed by atoms with van der Waals surface area (Å²) >= 11 is 5.96. The van der Waals surface area contributed by atoms with Crippen LogP contribution in [0.5, 0.6) is 5.75 Å². The van der Waals surface area contributed by atoms with E-state index >= 15 is 0 Å². The predicted molar refractivity (Wildman–Crippen MR) is 85.6 cm³/mol. The van der Waals surface area contributed by atoms with Gasteiger partial charge in [0.2, 0.25) is 0 Å². The highest BCUT2D eigenvalue weighted by Gasteiger charge is 2.07. The Kier molecular flexibility index (Phi) is 5.21. The highest BCUT2D eigenvalue weighted by atomic mass is 35.5. The molecular formula is C15H14ClN3O3. The van der Waals surface area contributed by atoms with Gasteiger partial charge in [0.05, 0.1) is 10.7 Å². The normalized spacial score (nSPS) is 9.73. The van der Waals surface area contributed by atoms with Gasteiger partial charge in [0.15, 0.2) is 0 Å². The summed E-state index contributed by atoms with van der Waals surface area (Å²) in [5, 5.41) is 8.03. The molecule has 0 bridgehead atoms. The third kappa shape index (κ3) is 4.39. The summed E-state index contributed by atoms with van der Waals surface area (Å²) in [6.45, 7) is 0. The number of carbonyl (C=O) groups is 2. The van der Waals surface area contributed by atoms with E-state index in [0.717, 1.165) is 0 Å². The van der Waals surface area contributed by atoms with Crippen molar-refractivity contribution >= 4 is 35.1 Å². The number of para-hydroxylation sites is 1. The van der Waals surface area contributed by atoms with Gasteiger partial charge < -0.3 is 20.7 Å². The Morgan fingerprint density at radius 3 is 2.55 bits per heavy atom. The molecule has 114 valence electrons.